The maximum absolute atomic E-state index is 6.29. The Bertz CT molecular complexity index is 531. The van der Waals surface area contributed by atoms with Gasteiger partial charge in [0.2, 0.25) is 0 Å². The van der Waals surface area contributed by atoms with Gasteiger partial charge >= 0.3 is 0 Å². The normalized spacial score (nSPS) is 18.8. The molecular weight excluding hydrogens is 238 g/mol. The Morgan fingerprint density at radius 3 is 3.05 bits per heavy atom. The lowest BCUT2D eigenvalue weighted by molar-refractivity contribution is 0.0366. The largest absolute Gasteiger partial charge is 0.379 e. The van der Waals surface area contributed by atoms with Crippen molar-refractivity contribution < 1.29 is 4.74 Å². The van der Waals surface area contributed by atoms with Crippen molar-refractivity contribution in [2.24, 2.45) is 5.73 Å². The number of ether oxygens (including phenoxy) is 1. The first kappa shape index (κ1) is 12.7. The lowest BCUT2D eigenvalue weighted by atomic mass is 10.0. The number of fused-ring (bicyclic) bond motifs is 1. The molecule has 19 heavy (non-hydrogen) atoms. The molecule has 3 N–H and O–H groups in total. The van der Waals surface area contributed by atoms with Gasteiger partial charge in [0, 0.05) is 48.8 Å². The lowest BCUT2D eigenvalue weighted by Crippen LogP contribution is -2.37. The number of nitrogens with two attached hydrogens (primary N) is 1. The smallest absolute Gasteiger partial charge is 0.0594 e. The highest BCUT2D eigenvalue weighted by atomic mass is 16.5. The third-order valence-corrected chi connectivity index (χ3v) is 3.79. The number of aromatic nitrogens is 1. The Hall–Kier alpha value is -1.36. The van der Waals surface area contributed by atoms with Gasteiger partial charge in [0.15, 0.2) is 0 Å². The van der Waals surface area contributed by atoms with Crippen LogP contribution in [0, 0.1) is 6.07 Å². The van der Waals surface area contributed by atoms with Gasteiger partial charge in [0.05, 0.1) is 13.2 Å². The predicted molar refractivity (Wildman–Crippen MR) is 75.9 cm³/mol. The van der Waals surface area contributed by atoms with Crippen LogP contribution in [0.2, 0.25) is 0 Å². The van der Waals surface area contributed by atoms with Gasteiger partial charge in [-0.25, -0.2) is 0 Å². The molecule has 1 saturated heterocycles. The summed E-state index contributed by atoms with van der Waals surface area (Å²) >= 11 is 0. The number of benzene rings is 1. The van der Waals surface area contributed by atoms with Crippen molar-refractivity contribution in [3.8, 4) is 0 Å². The summed E-state index contributed by atoms with van der Waals surface area (Å²) in [6.07, 6.45) is 2.82. The summed E-state index contributed by atoms with van der Waals surface area (Å²) in [7, 11) is 0. The molecule has 2 aromatic rings. The third kappa shape index (κ3) is 2.97. The van der Waals surface area contributed by atoms with E-state index in [2.05, 4.69) is 34.1 Å². The molecule has 1 atom stereocenters. The van der Waals surface area contributed by atoms with Crippen LogP contribution in [-0.4, -0.2) is 42.7 Å². The summed E-state index contributed by atoms with van der Waals surface area (Å²) in [5, 5.41) is 1.11. The highest BCUT2D eigenvalue weighted by Crippen LogP contribution is 2.20. The molecular formula is C15H20N3O. The first-order valence-electron chi connectivity index (χ1n) is 6.87. The van der Waals surface area contributed by atoms with Crippen molar-refractivity contribution in [1.29, 1.82) is 0 Å². The zero-order valence-corrected chi connectivity index (χ0v) is 11.1. The second kappa shape index (κ2) is 5.74. The molecule has 1 aromatic carbocycles. The van der Waals surface area contributed by atoms with Crippen molar-refractivity contribution in [1.82, 2.24) is 9.88 Å². The SMILES string of the molecule is NC(CCN1CCOCC1)c1ccc2[c]c[nH]c2c1. The van der Waals surface area contributed by atoms with Crippen LogP contribution in [0.5, 0.6) is 0 Å². The van der Waals surface area contributed by atoms with E-state index in [9.17, 15) is 0 Å². The minimum Gasteiger partial charge on any atom is -0.379 e. The minimum atomic E-state index is 0.0931. The summed E-state index contributed by atoms with van der Waals surface area (Å²) in [5.41, 5.74) is 8.59. The molecule has 0 aliphatic carbocycles. The first-order valence-corrected chi connectivity index (χ1v) is 6.87. The summed E-state index contributed by atoms with van der Waals surface area (Å²) < 4.78 is 5.35. The Labute approximate surface area is 113 Å². The third-order valence-electron chi connectivity index (χ3n) is 3.79. The van der Waals surface area contributed by atoms with Crippen molar-refractivity contribution in [2.75, 3.05) is 32.8 Å². The maximum atomic E-state index is 6.29. The van der Waals surface area contributed by atoms with Crippen LogP contribution in [0.15, 0.2) is 24.4 Å². The number of nitrogens with zero attached hydrogens (tertiary/aromatic N) is 1. The Morgan fingerprint density at radius 2 is 2.21 bits per heavy atom. The molecule has 0 bridgehead atoms. The van der Waals surface area contributed by atoms with Crippen molar-refractivity contribution in [3.63, 3.8) is 0 Å². The molecule has 4 heteroatoms. The van der Waals surface area contributed by atoms with E-state index in [4.69, 9.17) is 10.5 Å². The van der Waals surface area contributed by atoms with Crippen LogP contribution in [0.1, 0.15) is 18.0 Å². The van der Waals surface area contributed by atoms with Crippen molar-refractivity contribution in [2.45, 2.75) is 12.5 Å². The zero-order chi connectivity index (χ0) is 13.1. The molecule has 2 heterocycles. The van der Waals surface area contributed by atoms with E-state index in [1.807, 2.05) is 6.20 Å². The highest BCUT2D eigenvalue weighted by molar-refractivity contribution is 5.79. The van der Waals surface area contributed by atoms with Crippen LogP contribution >= 0.6 is 0 Å². The maximum Gasteiger partial charge on any atom is 0.0594 e. The summed E-state index contributed by atoms with van der Waals surface area (Å²) in [4.78, 5) is 5.60. The fourth-order valence-corrected chi connectivity index (χ4v) is 2.54. The molecule has 0 spiro atoms. The van der Waals surface area contributed by atoms with Gasteiger partial charge in [0.25, 0.3) is 0 Å². The summed E-state index contributed by atoms with van der Waals surface area (Å²) in [6, 6.07) is 9.57. The highest BCUT2D eigenvalue weighted by Gasteiger charge is 2.13. The van der Waals surface area contributed by atoms with Crippen LogP contribution < -0.4 is 5.73 Å². The van der Waals surface area contributed by atoms with Gasteiger partial charge in [0.1, 0.15) is 0 Å². The Kier molecular flexibility index (Phi) is 3.82. The zero-order valence-electron chi connectivity index (χ0n) is 11.1. The van der Waals surface area contributed by atoms with Crippen LogP contribution in [0.25, 0.3) is 10.9 Å². The summed E-state index contributed by atoms with van der Waals surface area (Å²) in [6.45, 7) is 4.78. The Morgan fingerprint density at radius 1 is 1.37 bits per heavy atom. The number of nitrogens with one attached hydrogen (secondary N) is 1. The fourth-order valence-electron chi connectivity index (χ4n) is 2.54. The van der Waals surface area contributed by atoms with E-state index in [-0.39, 0.29) is 6.04 Å². The van der Waals surface area contributed by atoms with Crippen molar-refractivity contribution in [3.05, 3.63) is 36.0 Å². The molecule has 1 radical (unpaired) electrons. The van der Waals surface area contributed by atoms with Crippen molar-refractivity contribution >= 4 is 10.9 Å². The second-order valence-electron chi connectivity index (χ2n) is 5.09. The average molecular weight is 258 g/mol. The number of hydrogen-bond acceptors (Lipinski definition) is 3. The second-order valence-corrected chi connectivity index (χ2v) is 5.09. The summed E-state index contributed by atoms with van der Waals surface area (Å²) in [5.74, 6) is 0. The van der Waals surface area contributed by atoms with E-state index < -0.39 is 0 Å². The molecule has 0 amide bonds. The average Bonchev–Trinajstić information content (AvgIpc) is 2.93. The molecule has 1 aliphatic rings. The predicted octanol–water partition coefficient (Wildman–Crippen LogP) is 1.69. The fraction of sp³-hybridized carbons (Fsp3) is 0.467. The van der Waals surface area contributed by atoms with Gasteiger partial charge in [-0.2, -0.15) is 0 Å². The molecule has 4 nitrogen and oxygen atoms in total. The lowest BCUT2D eigenvalue weighted by Gasteiger charge is -2.27. The van der Waals surface area contributed by atoms with Gasteiger partial charge < -0.3 is 15.5 Å². The van der Waals surface area contributed by atoms with E-state index in [0.29, 0.717) is 0 Å². The number of rotatable bonds is 4. The van der Waals surface area contributed by atoms with Crippen LogP contribution in [-0.2, 0) is 4.74 Å². The van der Waals surface area contributed by atoms with Gasteiger partial charge in [-0.3, -0.25) is 4.90 Å². The van der Waals surface area contributed by atoms with Gasteiger partial charge in [-0.15, -0.1) is 0 Å². The monoisotopic (exact) mass is 258 g/mol. The van der Waals surface area contributed by atoms with Crippen LogP contribution in [0.4, 0.5) is 0 Å². The van der Waals surface area contributed by atoms with E-state index in [1.165, 1.54) is 5.56 Å². The van der Waals surface area contributed by atoms with Crippen LogP contribution in [0.3, 0.4) is 0 Å². The molecule has 101 valence electrons. The number of hydrogen-bond donors (Lipinski definition) is 2. The van der Waals surface area contributed by atoms with Gasteiger partial charge in [-0.05, 0) is 18.1 Å². The molecule has 1 unspecified atom stereocenters. The van der Waals surface area contributed by atoms with E-state index in [0.717, 1.165) is 50.2 Å². The minimum absolute atomic E-state index is 0.0931. The topological polar surface area (TPSA) is 54.3 Å². The molecule has 3 rings (SSSR count). The first-order chi connectivity index (χ1) is 9.33. The standard InChI is InChI=1S/C15H20N3O/c16-14(4-6-18-7-9-19-10-8-18)13-2-1-12-3-5-17-15(12)11-13/h1-2,5,11,14,17H,4,6-10,16H2. The quantitative estimate of drug-likeness (QED) is 0.877. The van der Waals surface area contributed by atoms with E-state index in [1.54, 1.807) is 0 Å². The number of aromatic amines is 1. The Balaban J connectivity index is 1.60. The molecule has 1 aliphatic heterocycles. The number of H-pyrrole nitrogens is 1. The van der Waals surface area contributed by atoms with Gasteiger partial charge in [-0.1, -0.05) is 12.1 Å². The van der Waals surface area contributed by atoms with E-state index >= 15 is 0 Å². The number of morpholine rings is 1. The molecule has 1 fully saturated rings. The molecule has 0 saturated carbocycles. The molecule has 1 aromatic heterocycles.